The first-order valence-corrected chi connectivity index (χ1v) is 15.9. The topological polar surface area (TPSA) is 154 Å². The Labute approximate surface area is 277 Å². The van der Waals surface area contributed by atoms with Crippen molar-refractivity contribution in [1.82, 2.24) is 26.2 Å². The number of Topliss-reactive ketones (excluding diaryl/α,β-unsaturated/α-hetero) is 2. The summed E-state index contributed by atoms with van der Waals surface area (Å²) in [5.74, 6) is 1.09. The molecule has 1 aliphatic carbocycles. The first kappa shape index (κ1) is 36.8. The molecule has 1 saturated carbocycles. The highest BCUT2D eigenvalue weighted by molar-refractivity contribution is 6.38. The minimum atomic E-state index is -1.22. The second-order valence-corrected chi connectivity index (χ2v) is 14.3. The molecule has 6 atom stereocenters. The van der Waals surface area contributed by atoms with Gasteiger partial charge >= 0.3 is 6.03 Å². The van der Waals surface area contributed by atoms with Crippen molar-refractivity contribution in [3.63, 3.8) is 0 Å². The molecule has 3 rings (SSSR count). The molecule has 2 aliphatic rings. The number of benzene rings is 1. The van der Waals surface area contributed by atoms with Crippen LogP contribution in [0.5, 0.6) is 0 Å². The Kier molecular flexibility index (Phi) is 11.6. The van der Waals surface area contributed by atoms with E-state index in [0.29, 0.717) is 5.56 Å². The van der Waals surface area contributed by atoms with Gasteiger partial charge in [0.15, 0.2) is 5.78 Å². The molecule has 11 nitrogen and oxygen atoms in total. The molecule has 0 bridgehead atoms. The zero-order valence-electron chi connectivity index (χ0n) is 28.3. The average molecular weight is 646 g/mol. The zero-order chi connectivity index (χ0) is 35.3. The summed E-state index contributed by atoms with van der Waals surface area (Å²) in [5.41, 5.74) is -0.573. The number of fused-ring (bicyclic) bond motifs is 1. The lowest BCUT2D eigenvalue weighted by molar-refractivity contribution is -0.145. The number of likely N-dealkylation sites (tertiary alicyclic amines) is 1. The molecule has 1 saturated heterocycles. The first-order valence-electron chi connectivity index (χ1n) is 15.9. The number of piperidine rings is 1. The predicted octanol–water partition coefficient (Wildman–Crippen LogP) is 2.31. The SMILES string of the molecule is C#CCCC(NC(=O)[C@@H]1[C@@H]2[C@H](CN1C(=O)[C@@H](NC(=O)NC(C(=O)c1ccccc1)C(C)C)C(C)(C)C)C2(C)C)C(=O)C(=O)NCC#C. The molecule has 252 valence electrons. The van der Waals surface area contributed by atoms with Crippen molar-refractivity contribution in [2.45, 2.75) is 85.5 Å². The number of carbonyl (C=O) groups excluding carboxylic acids is 6. The maximum absolute atomic E-state index is 14.3. The lowest BCUT2D eigenvalue weighted by atomic mass is 9.85. The van der Waals surface area contributed by atoms with Crippen LogP contribution >= 0.6 is 0 Å². The largest absolute Gasteiger partial charge is 0.344 e. The van der Waals surface area contributed by atoms with Gasteiger partial charge in [0.05, 0.1) is 18.6 Å². The third-order valence-electron chi connectivity index (χ3n) is 9.23. The molecular formula is C36H47N5O6. The van der Waals surface area contributed by atoms with E-state index in [2.05, 4.69) is 33.1 Å². The summed E-state index contributed by atoms with van der Waals surface area (Å²) < 4.78 is 0. The highest BCUT2D eigenvalue weighted by Crippen LogP contribution is 2.65. The summed E-state index contributed by atoms with van der Waals surface area (Å²) in [6, 6.07) is 3.88. The molecule has 4 N–H and O–H groups in total. The Bertz CT molecular complexity index is 1460. The maximum Gasteiger partial charge on any atom is 0.316 e. The number of ketones is 2. The molecule has 1 aliphatic heterocycles. The lowest BCUT2D eigenvalue weighted by Crippen LogP contribution is -2.62. The van der Waals surface area contributed by atoms with E-state index in [0.717, 1.165) is 0 Å². The molecule has 0 radical (unpaired) electrons. The van der Waals surface area contributed by atoms with Crippen LogP contribution in [0.1, 0.15) is 71.7 Å². The van der Waals surface area contributed by atoms with Crippen molar-refractivity contribution in [2.75, 3.05) is 13.1 Å². The number of rotatable bonds is 13. The fourth-order valence-corrected chi connectivity index (χ4v) is 6.39. The summed E-state index contributed by atoms with van der Waals surface area (Å²) >= 11 is 0. The molecular weight excluding hydrogens is 598 g/mol. The van der Waals surface area contributed by atoms with Crippen LogP contribution in [0, 0.1) is 53.3 Å². The van der Waals surface area contributed by atoms with Gasteiger partial charge in [-0.05, 0) is 35.0 Å². The van der Waals surface area contributed by atoms with Crippen LogP contribution in [0.4, 0.5) is 4.79 Å². The van der Waals surface area contributed by atoms with E-state index in [4.69, 9.17) is 12.8 Å². The van der Waals surface area contributed by atoms with Gasteiger partial charge in [0.1, 0.15) is 12.1 Å². The Balaban J connectivity index is 1.84. The number of nitrogens with zero attached hydrogens (tertiary/aromatic N) is 1. The number of urea groups is 1. The number of carbonyl (C=O) groups is 6. The van der Waals surface area contributed by atoms with Crippen molar-refractivity contribution >= 4 is 35.3 Å². The monoisotopic (exact) mass is 645 g/mol. The summed E-state index contributed by atoms with van der Waals surface area (Å²) in [7, 11) is 0. The van der Waals surface area contributed by atoms with Gasteiger partial charge < -0.3 is 26.2 Å². The highest BCUT2D eigenvalue weighted by Gasteiger charge is 2.70. The third kappa shape index (κ3) is 8.40. The first-order chi connectivity index (χ1) is 22.0. The van der Waals surface area contributed by atoms with Gasteiger partial charge in [0, 0.05) is 18.5 Å². The van der Waals surface area contributed by atoms with Crippen LogP contribution in [0.15, 0.2) is 30.3 Å². The van der Waals surface area contributed by atoms with Gasteiger partial charge in [0.2, 0.25) is 17.6 Å². The summed E-state index contributed by atoms with van der Waals surface area (Å²) in [6.45, 7) is 13.2. The van der Waals surface area contributed by atoms with E-state index in [1.807, 2.05) is 27.7 Å². The van der Waals surface area contributed by atoms with Crippen LogP contribution in [0.25, 0.3) is 0 Å². The van der Waals surface area contributed by atoms with Crippen LogP contribution < -0.4 is 21.3 Å². The molecule has 1 heterocycles. The predicted molar refractivity (Wildman–Crippen MR) is 177 cm³/mol. The number of terminal acetylenes is 2. The minimum Gasteiger partial charge on any atom is -0.344 e. The molecule has 0 spiro atoms. The van der Waals surface area contributed by atoms with E-state index in [-0.39, 0.29) is 54.9 Å². The number of hydrogen-bond donors (Lipinski definition) is 4. The number of hydrogen-bond acceptors (Lipinski definition) is 6. The number of amides is 5. The molecule has 5 amide bonds. The molecule has 47 heavy (non-hydrogen) atoms. The van der Waals surface area contributed by atoms with Gasteiger partial charge in [-0.1, -0.05) is 84.7 Å². The molecule has 11 heteroatoms. The van der Waals surface area contributed by atoms with Gasteiger partial charge in [-0.2, -0.15) is 0 Å². The standard InChI is InChI=1S/C36H47N5O6/c1-10-12-18-24(29(43)32(45)37-19-11-2)38-31(44)27-25-23(36(25,8)9)20-41(27)33(46)30(35(5,6)7)40-34(47)39-26(21(3)4)28(42)22-16-14-13-15-17-22/h1-2,13-17,21,23-27,30H,12,18-20H2,3-9H3,(H,37,45)(H,38,44)(H2,39,40,47)/t23-,24?,25-,26?,27-,30+/m0/s1. The molecule has 2 fully saturated rings. The summed E-state index contributed by atoms with van der Waals surface area (Å²) in [4.78, 5) is 81.6. The van der Waals surface area contributed by atoms with Crippen molar-refractivity contribution in [3.05, 3.63) is 35.9 Å². The second kappa shape index (κ2) is 14.8. The van der Waals surface area contributed by atoms with E-state index in [9.17, 15) is 28.8 Å². The third-order valence-corrected chi connectivity index (χ3v) is 9.23. The summed E-state index contributed by atoms with van der Waals surface area (Å²) in [5, 5.41) is 10.5. The Morgan fingerprint density at radius 1 is 0.979 bits per heavy atom. The highest BCUT2D eigenvalue weighted by atomic mass is 16.2. The van der Waals surface area contributed by atoms with Crippen LogP contribution in [-0.4, -0.2) is 77.5 Å². The Morgan fingerprint density at radius 3 is 2.17 bits per heavy atom. The van der Waals surface area contributed by atoms with Crippen molar-refractivity contribution in [2.24, 2.45) is 28.6 Å². The van der Waals surface area contributed by atoms with Crippen LogP contribution in [0.2, 0.25) is 0 Å². The number of nitrogens with one attached hydrogen (secondary N) is 4. The van der Waals surface area contributed by atoms with E-state index in [1.165, 1.54) is 4.90 Å². The van der Waals surface area contributed by atoms with Crippen molar-refractivity contribution < 1.29 is 28.8 Å². The molecule has 1 aromatic carbocycles. The van der Waals surface area contributed by atoms with Gasteiger partial charge in [-0.15, -0.1) is 18.8 Å². The van der Waals surface area contributed by atoms with Crippen LogP contribution in [0.3, 0.4) is 0 Å². The van der Waals surface area contributed by atoms with Crippen LogP contribution in [-0.2, 0) is 19.2 Å². The zero-order valence-corrected chi connectivity index (χ0v) is 28.3. The van der Waals surface area contributed by atoms with Gasteiger partial charge in [0.25, 0.3) is 5.91 Å². The lowest BCUT2D eigenvalue weighted by Gasteiger charge is -2.38. The van der Waals surface area contributed by atoms with E-state index >= 15 is 0 Å². The molecule has 0 aromatic heterocycles. The fraction of sp³-hybridized carbons (Fsp3) is 0.556. The smallest absolute Gasteiger partial charge is 0.316 e. The van der Waals surface area contributed by atoms with Crippen molar-refractivity contribution in [3.8, 4) is 24.7 Å². The fourth-order valence-electron chi connectivity index (χ4n) is 6.39. The maximum atomic E-state index is 14.3. The van der Waals surface area contributed by atoms with Crippen molar-refractivity contribution in [1.29, 1.82) is 0 Å². The summed E-state index contributed by atoms with van der Waals surface area (Å²) in [6.07, 6.45) is 10.7. The second-order valence-electron chi connectivity index (χ2n) is 14.3. The molecule has 1 aromatic rings. The average Bonchev–Trinajstić information content (AvgIpc) is 3.33. The van der Waals surface area contributed by atoms with E-state index < -0.39 is 59.1 Å². The van der Waals surface area contributed by atoms with Gasteiger partial charge in [-0.3, -0.25) is 24.0 Å². The molecule has 2 unspecified atom stereocenters. The minimum absolute atomic E-state index is 0.0178. The quantitative estimate of drug-likeness (QED) is 0.147. The Morgan fingerprint density at radius 2 is 1.62 bits per heavy atom. The normalized spacial score (nSPS) is 21.1. The Hall–Kier alpha value is -4.64. The van der Waals surface area contributed by atoms with E-state index in [1.54, 1.807) is 51.1 Å². The van der Waals surface area contributed by atoms with Gasteiger partial charge in [-0.25, -0.2) is 4.79 Å².